The number of nitrogens with two attached hydrogens (primary N) is 2. The number of hydrogen-bond donors (Lipinski definition) is 3. The number of ether oxygens (including phenoxy) is 2. The number of furan rings is 1. The van der Waals surface area contributed by atoms with Crippen molar-refractivity contribution in [3.8, 4) is 11.5 Å². The van der Waals surface area contributed by atoms with Crippen LogP contribution in [-0.2, 0) is 17.8 Å². The first-order valence-electron chi connectivity index (χ1n) is 12.7. The van der Waals surface area contributed by atoms with Crippen molar-refractivity contribution in [2.24, 2.45) is 5.73 Å². The van der Waals surface area contributed by atoms with E-state index in [9.17, 15) is 14.4 Å². The Bertz CT molecular complexity index is 1530. The van der Waals surface area contributed by atoms with Crippen molar-refractivity contribution >= 4 is 34.9 Å². The minimum Gasteiger partial charge on any atom is -0.493 e. The molecule has 0 aliphatic carbocycles. The summed E-state index contributed by atoms with van der Waals surface area (Å²) in [5.41, 5.74) is 12.9. The van der Waals surface area contributed by atoms with Crippen LogP contribution in [-0.4, -0.2) is 47.8 Å². The van der Waals surface area contributed by atoms with Crippen LogP contribution in [0.15, 0.2) is 65.1 Å². The standard InChI is InChI=1S/C29H31N5O6S/c1-17-9-11-21(40-17)25(28(36)32-16-19-7-5-4-6-8-19)34(29(37)26-23(30)24(27(31)35)33-41-26)14-13-18-10-12-20(38-2)22(15-18)39-3/h4-12,15,25H,13-14,16,30H2,1-3H3,(H2,31,35)(H,32,36). The van der Waals surface area contributed by atoms with E-state index in [-0.39, 0.29) is 35.1 Å². The summed E-state index contributed by atoms with van der Waals surface area (Å²) < 4.78 is 20.6. The molecule has 0 bridgehead atoms. The fourth-order valence-corrected chi connectivity index (χ4v) is 5.06. The number of hydrogen-bond acceptors (Lipinski definition) is 9. The number of nitrogens with one attached hydrogen (secondary N) is 1. The number of aromatic nitrogens is 1. The number of benzene rings is 2. The van der Waals surface area contributed by atoms with E-state index in [4.69, 9.17) is 25.4 Å². The number of anilines is 1. The molecule has 3 amide bonds. The minimum absolute atomic E-state index is 0.00440. The van der Waals surface area contributed by atoms with E-state index >= 15 is 0 Å². The molecule has 41 heavy (non-hydrogen) atoms. The summed E-state index contributed by atoms with van der Waals surface area (Å²) in [6.07, 6.45) is 0.343. The fraction of sp³-hybridized carbons (Fsp3) is 0.241. The molecule has 0 aliphatic heterocycles. The highest BCUT2D eigenvalue weighted by Crippen LogP contribution is 2.31. The average Bonchev–Trinajstić information content (AvgIpc) is 3.58. The lowest BCUT2D eigenvalue weighted by Crippen LogP contribution is -2.44. The van der Waals surface area contributed by atoms with Crippen LogP contribution < -0.4 is 26.3 Å². The Labute approximate surface area is 241 Å². The zero-order valence-electron chi connectivity index (χ0n) is 22.9. The maximum Gasteiger partial charge on any atom is 0.270 e. The summed E-state index contributed by atoms with van der Waals surface area (Å²) in [6.45, 7) is 2.07. The molecule has 4 rings (SSSR count). The first-order valence-corrected chi connectivity index (χ1v) is 13.5. The first-order chi connectivity index (χ1) is 19.7. The second-order valence-electron chi connectivity index (χ2n) is 9.13. The maximum absolute atomic E-state index is 14.0. The lowest BCUT2D eigenvalue weighted by molar-refractivity contribution is -0.126. The first kappa shape index (κ1) is 29.2. The summed E-state index contributed by atoms with van der Waals surface area (Å²) >= 11 is 0.747. The molecular formula is C29H31N5O6S. The monoisotopic (exact) mass is 577 g/mol. The Balaban J connectivity index is 1.72. The molecular weight excluding hydrogens is 546 g/mol. The van der Waals surface area contributed by atoms with E-state index in [2.05, 4.69) is 9.69 Å². The van der Waals surface area contributed by atoms with Crippen molar-refractivity contribution in [2.75, 3.05) is 26.5 Å². The van der Waals surface area contributed by atoms with Crippen LogP contribution >= 0.6 is 11.5 Å². The van der Waals surface area contributed by atoms with Crippen LogP contribution in [0.25, 0.3) is 0 Å². The van der Waals surface area contributed by atoms with Gasteiger partial charge in [-0.2, -0.15) is 4.37 Å². The summed E-state index contributed by atoms with van der Waals surface area (Å²) in [6, 6.07) is 17.0. The van der Waals surface area contributed by atoms with Crippen LogP contribution in [0.2, 0.25) is 0 Å². The number of amides is 3. The highest BCUT2D eigenvalue weighted by molar-refractivity contribution is 7.09. The van der Waals surface area contributed by atoms with Crippen molar-refractivity contribution in [1.29, 1.82) is 0 Å². The van der Waals surface area contributed by atoms with Crippen molar-refractivity contribution in [3.05, 3.63) is 93.9 Å². The predicted molar refractivity (Wildman–Crippen MR) is 154 cm³/mol. The van der Waals surface area contributed by atoms with Crippen LogP contribution in [0, 0.1) is 6.92 Å². The van der Waals surface area contributed by atoms with Crippen LogP contribution in [0.4, 0.5) is 5.69 Å². The van der Waals surface area contributed by atoms with Gasteiger partial charge in [-0.25, -0.2) is 0 Å². The lowest BCUT2D eigenvalue weighted by atomic mass is 10.1. The molecule has 0 radical (unpaired) electrons. The van der Waals surface area contributed by atoms with Crippen molar-refractivity contribution in [2.45, 2.75) is 25.9 Å². The highest BCUT2D eigenvalue weighted by Gasteiger charge is 2.36. The SMILES string of the molecule is COc1ccc(CCN(C(=O)c2snc(C(N)=O)c2N)C(C(=O)NCc2ccccc2)c2ccc(C)o2)cc1OC. The lowest BCUT2D eigenvalue weighted by Gasteiger charge is -2.30. The molecule has 0 aliphatic rings. The van der Waals surface area contributed by atoms with E-state index < -0.39 is 23.8 Å². The third-order valence-electron chi connectivity index (χ3n) is 6.41. The Kier molecular flexibility index (Phi) is 9.25. The second kappa shape index (κ2) is 13.0. The van der Waals surface area contributed by atoms with Gasteiger partial charge >= 0.3 is 0 Å². The quantitative estimate of drug-likeness (QED) is 0.230. The molecule has 4 aromatic rings. The van der Waals surface area contributed by atoms with Gasteiger partial charge in [0.15, 0.2) is 23.2 Å². The van der Waals surface area contributed by atoms with Crippen molar-refractivity contribution in [3.63, 3.8) is 0 Å². The maximum atomic E-state index is 14.0. The molecule has 0 fully saturated rings. The average molecular weight is 578 g/mol. The number of primary amides is 1. The molecule has 2 aromatic carbocycles. The number of aryl methyl sites for hydroxylation is 1. The number of nitrogens with zero attached hydrogens (tertiary/aromatic N) is 2. The molecule has 12 heteroatoms. The Morgan fingerprint density at radius 1 is 1.02 bits per heavy atom. The van der Waals surface area contributed by atoms with Gasteiger partial charge in [0.05, 0.1) is 19.9 Å². The van der Waals surface area contributed by atoms with Gasteiger partial charge in [0.1, 0.15) is 16.4 Å². The van der Waals surface area contributed by atoms with Crippen molar-refractivity contribution in [1.82, 2.24) is 14.6 Å². The Morgan fingerprint density at radius 2 is 1.76 bits per heavy atom. The van der Waals surface area contributed by atoms with E-state index in [1.54, 1.807) is 38.3 Å². The topological polar surface area (TPSA) is 163 Å². The molecule has 1 atom stereocenters. The van der Waals surface area contributed by atoms with Gasteiger partial charge in [-0.3, -0.25) is 14.4 Å². The summed E-state index contributed by atoms with van der Waals surface area (Å²) in [5.74, 6) is 0.0233. The smallest absolute Gasteiger partial charge is 0.270 e. The molecule has 11 nitrogen and oxygen atoms in total. The van der Waals surface area contributed by atoms with Crippen LogP contribution in [0.1, 0.15) is 48.8 Å². The normalized spacial score (nSPS) is 11.5. The molecule has 214 valence electrons. The van der Waals surface area contributed by atoms with Crippen LogP contribution in [0.5, 0.6) is 11.5 Å². The Hall–Kier alpha value is -4.84. The fourth-order valence-electron chi connectivity index (χ4n) is 4.30. The van der Waals surface area contributed by atoms with Gasteiger partial charge in [-0.1, -0.05) is 36.4 Å². The Morgan fingerprint density at radius 3 is 2.37 bits per heavy atom. The van der Waals surface area contributed by atoms with Gasteiger partial charge < -0.3 is 35.6 Å². The third-order valence-corrected chi connectivity index (χ3v) is 7.26. The van der Waals surface area contributed by atoms with Gasteiger partial charge in [0.2, 0.25) is 0 Å². The second-order valence-corrected chi connectivity index (χ2v) is 9.90. The van der Waals surface area contributed by atoms with Crippen molar-refractivity contribution < 1.29 is 28.3 Å². The predicted octanol–water partition coefficient (Wildman–Crippen LogP) is 3.49. The highest BCUT2D eigenvalue weighted by atomic mass is 32.1. The van der Waals surface area contributed by atoms with E-state index in [1.807, 2.05) is 36.4 Å². The molecule has 2 heterocycles. The zero-order valence-corrected chi connectivity index (χ0v) is 23.7. The number of carbonyl (C=O) groups excluding carboxylic acids is 3. The van der Waals surface area contributed by atoms with E-state index in [1.165, 1.54) is 12.0 Å². The van der Waals surface area contributed by atoms with Crippen LogP contribution in [0.3, 0.4) is 0 Å². The minimum atomic E-state index is -1.15. The molecule has 2 aromatic heterocycles. The number of carbonyl (C=O) groups is 3. The molecule has 0 saturated heterocycles. The van der Waals surface area contributed by atoms with E-state index in [0.717, 1.165) is 22.7 Å². The molecule has 5 N–H and O–H groups in total. The number of nitrogen functional groups attached to an aromatic ring is 1. The summed E-state index contributed by atoms with van der Waals surface area (Å²) in [5, 5.41) is 2.92. The van der Waals surface area contributed by atoms with Gasteiger partial charge in [-0.05, 0) is 60.3 Å². The molecule has 0 saturated carbocycles. The summed E-state index contributed by atoms with van der Waals surface area (Å²) in [4.78, 5) is 41.0. The number of rotatable bonds is 12. The molecule has 0 spiro atoms. The van der Waals surface area contributed by atoms with Gasteiger partial charge in [0, 0.05) is 13.1 Å². The zero-order chi connectivity index (χ0) is 29.5. The van der Waals surface area contributed by atoms with E-state index in [0.29, 0.717) is 23.7 Å². The molecule has 1 unspecified atom stereocenters. The third kappa shape index (κ3) is 6.67. The summed E-state index contributed by atoms with van der Waals surface area (Å²) in [7, 11) is 3.08. The van der Waals surface area contributed by atoms with Gasteiger partial charge in [-0.15, -0.1) is 0 Å². The van der Waals surface area contributed by atoms with Gasteiger partial charge in [0.25, 0.3) is 17.7 Å². The number of methoxy groups -OCH3 is 2. The largest absolute Gasteiger partial charge is 0.493 e.